The summed E-state index contributed by atoms with van der Waals surface area (Å²) in [6.07, 6.45) is 0. The van der Waals surface area contributed by atoms with Crippen LogP contribution >= 0.6 is 23.2 Å². The number of carbonyl (C=O) groups excluding carboxylic acids is 1. The van der Waals surface area contributed by atoms with Crippen molar-refractivity contribution in [2.24, 2.45) is 0 Å². The number of carbonyl (C=O) groups is 1. The van der Waals surface area contributed by atoms with Crippen LogP contribution in [0.2, 0.25) is 10.0 Å². The molecular weight excluding hydrogens is 247 g/mol. The number of hydrogen-bond donors (Lipinski definition) is 1. The van der Waals surface area contributed by atoms with E-state index in [1.54, 1.807) is 6.07 Å². The van der Waals surface area contributed by atoms with Crippen molar-refractivity contribution in [2.75, 3.05) is 19.6 Å². The van der Waals surface area contributed by atoms with Crippen molar-refractivity contribution < 1.29 is 4.79 Å². The molecule has 2 heterocycles. The molecule has 0 aromatic heterocycles. The van der Waals surface area contributed by atoms with Gasteiger partial charge in [0.2, 0.25) is 0 Å². The number of benzene rings is 1. The van der Waals surface area contributed by atoms with Crippen LogP contribution in [0.4, 0.5) is 0 Å². The van der Waals surface area contributed by atoms with Gasteiger partial charge in [-0.05, 0) is 17.7 Å². The molecule has 1 aromatic carbocycles. The molecule has 0 spiro atoms. The molecule has 2 aliphatic rings. The molecule has 84 valence electrons. The fraction of sp³-hybridized carbons (Fsp3) is 0.364. The molecular formula is C11H10Cl2N2O. The van der Waals surface area contributed by atoms with Crippen molar-refractivity contribution in [1.29, 1.82) is 0 Å². The van der Waals surface area contributed by atoms with E-state index in [9.17, 15) is 4.79 Å². The van der Waals surface area contributed by atoms with Crippen LogP contribution in [0.15, 0.2) is 12.1 Å². The summed E-state index contributed by atoms with van der Waals surface area (Å²) in [7, 11) is 0. The number of piperazine rings is 1. The Morgan fingerprint density at radius 1 is 1.31 bits per heavy atom. The van der Waals surface area contributed by atoms with Crippen LogP contribution in [-0.4, -0.2) is 30.4 Å². The Balaban J connectivity index is 2.14. The highest BCUT2D eigenvalue weighted by atomic mass is 35.5. The van der Waals surface area contributed by atoms with E-state index < -0.39 is 0 Å². The minimum absolute atomic E-state index is 0.0695. The lowest BCUT2D eigenvalue weighted by atomic mass is 10.0. The van der Waals surface area contributed by atoms with Gasteiger partial charge in [0.1, 0.15) is 0 Å². The molecule has 1 unspecified atom stereocenters. The van der Waals surface area contributed by atoms with Gasteiger partial charge in [0.25, 0.3) is 5.91 Å². The van der Waals surface area contributed by atoms with Gasteiger partial charge < -0.3 is 10.2 Å². The summed E-state index contributed by atoms with van der Waals surface area (Å²) in [5, 5.41) is 4.24. The number of rotatable bonds is 0. The first-order valence-electron chi connectivity index (χ1n) is 5.19. The zero-order valence-electron chi connectivity index (χ0n) is 8.46. The van der Waals surface area contributed by atoms with Gasteiger partial charge in [-0.15, -0.1) is 0 Å². The molecule has 0 saturated carbocycles. The van der Waals surface area contributed by atoms with Crippen LogP contribution in [0.3, 0.4) is 0 Å². The highest BCUT2D eigenvalue weighted by Crippen LogP contribution is 2.38. The predicted molar refractivity (Wildman–Crippen MR) is 63.1 cm³/mol. The average molecular weight is 257 g/mol. The van der Waals surface area contributed by atoms with Gasteiger partial charge >= 0.3 is 0 Å². The van der Waals surface area contributed by atoms with E-state index in [0.717, 1.165) is 25.2 Å². The molecule has 2 aliphatic heterocycles. The van der Waals surface area contributed by atoms with Crippen molar-refractivity contribution in [3.05, 3.63) is 33.3 Å². The summed E-state index contributed by atoms with van der Waals surface area (Å²) in [5.74, 6) is 0.0695. The van der Waals surface area contributed by atoms with E-state index in [1.165, 1.54) is 0 Å². The molecule has 16 heavy (non-hydrogen) atoms. The topological polar surface area (TPSA) is 32.3 Å². The van der Waals surface area contributed by atoms with E-state index >= 15 is 0 Å². The summed E-state index contributed by atoms with van der Waals surface area (Å²) in [6.45, 7) is 2.38. The first-order chi connectivity index (χ1) is 7.68. The Kier molecular flexibility index (Phi) is 2.35. The van der Waals surface area contributed by atoms with Crippen molar-refractivity contribution in [3.8, 4) is 0 Å². The SMILES string of the molecule is O=C1c2cc(Cl)c(Cl)cc2C2CNCCN12. The average Bonchev–Trinajstić information content (AvgIpc) is 2.55. The molecule has 3 rings (SSSR count). The number of amides is 1. The number of fused-ring (bicyclic) bond motifs is 3. The smallest absolute Gasteiger partial charge is 0.254 e. The fourth-order valence-electron chi connectivity index (χ4n) is 2.40. The molecule has 1 N–H and O–H groups in total. The minimum atomic E-state index is 0.0695. The molecule has 1 atom stereocenters. The third kappa shape index (κ3) is 1.35. The molecule has 1 fully saturated rings. The largest absolute Gasteiger partial charge is 0.329 e. The first kappa shape index (κ1) is 10.4. The van der Waals surface area contributed by atoms with Crippen LogP contribution in [0, 0.1) is 0 Å². The van der Waals surface area contributed by atoms with Gasteiger partial charge in [0.05, 0.1) is 16.1 Å². The molecule has 3 nitrogen and oxygen atoms in total. The van der Waals surface area contributed by atoms with E-state index in [4.69, 9.17) is 23.2 Å². The third-order valence-corrected chi connectivity index (χ3v) is 3.91. The molecule has 0 bridgehead atoms. The quantitative estimate of drug-likeness (QED) is 0.771. The molecule has 5 heteroatoms. The number of nitrogens with zero attached hydrogens (tertiary/aromatic N) is 1. The summed E-state index contributed by atoms with van der Waals surface area (Å²) < 4.78 is 0. The van der Waals surface area contributed by atoms with E-state index in [-0.39, 0.29) is 11.9 Å². The third-order valence-electron chi connectivity index (χ3n) is 3.19. The van der Waals surface area contributed by atoms with Gasteiger partial charge in [-0.3, -0.25) is 4.79 Å². The van der Waals surface area contributed by atoms with Gasteiger partial charge in [-0.2, -0.15) is 0 Å². The zero-order valence-corrected chi connectivity index (χ0v) is 9.98. The monoisotopic (exact) mass is 256 g/mol. The maximum absolute atomic E-state index is 12.1. The van der Waals surface area contributed by atoms with Crippen LogP contribution in [-0.2, 0) is 0 Å². The molecule has 1 saturated heterocycles. The number of nitrogens with one attached hydrogen (secondary N) is 1. The predicted octanol–water partition coefficient (Wildman–Crippen LogP) is 2.09. The zero-order chi connectivity index (χ0) is 11.3. The van der Waals surface area contributed by atoms with Crippen molar-refractivity contribution in [3.63, 3.8) is 0 Å². The Morgan fingerprint density at radius 2 is 2.06 bits per heavy atom. The van der Waals surface area contributed by atoms with Crippen molar-refractivity contribution in [2.45, 2.75) is 6.04 Å². The Labute approximate surface area is 103 Å². The van der Waals surface area contributed by atoms with Crippen LogP contribution < -0.4 is 5.32 Å². The maximum Gasteiger partial charge on any atom is 0.254 e. The fourth-order valence-corrected chi connectivity index (χ4v) is 2.74. The molecule has 1 aromatic rings. The number of halogens is 2. The minimum Gasteiger partial charge on any atom is -0.329 e. The molecule has 0 radical (unpaired) electrons. The number of hydrogen-bond acceptors (Lipinski definition) is 2. The highest BCUT2D eigenvalue weighted by molar-refractivity contribution is 6.42. The van der Waals surface area contributed by atoms with Gasteiger partial charge in [0.15, 0.2) is 0 Å². The second-order valence-electron chi connectivity index (χ2n) is 4.07. The molecule has 1 amide bonds. The lowest BCUT2D eigenvalue weighted by Crippen LogP contribution is -2.44. The summed E-state index contributed by atoms with van der Waals surface area (Å²) in [4.78, 5) is 14.0. The standard InChI is InChI=1S/C11H10Cl2N2O/c12-8-3-6-7(4-9(8)13)11(16)15-2-1-14-5-10(6)15/h3-4,10,14H,1-2,5H2. The summed E-state index contributed by atoms with van der Waals surface area (Å²) in [5.41, 5.74) is 1.69. The van der Waals surface area contributed by atoms with E-state index in [2.05, 4.69) is 5.32 Å². The van der Waals surface area contributed by atoms with Crippen molar-refractivity contribution in [1.82, 2.24) is 10.2 Å². The van der Waals surface area contributed by atoms with Crippen LogP contribution in [0.5, 0.6) is 0 Å². The summed E-state index contributed by atoms with van der Waals surface area (Å²) >= 11 is 11.9. The van der Waals surface area contributed by atoms with E-state index in [0.29, 0.717) is 15.6 Å². The Bertz CT molecular complexity index is 475. The van der Waals surface area contributed by atoms with Crippen LogP contribution in [0.1, 0.15) is 22.0 Å². The Hall–Kier alpha value is -0.770. The van der Waals surface area contributed by atoms with Gasteiger partial charge in [-0.25, -0.2) is 0 Å². The van der Waals surface area contributed by atoms with Gasteiger partial charge in [-0.1, -0.05) is 23.2 Å². The highest BCUT2D eigenvalue weighted by Gasteiger charge is 2.38. The van der Waals surface area contributed by atoms with E-state index in [1.807, 2.05) is 11.0 Å². The normalized spacial score (nSPS) is 23.2. The second-order valence-corrected chi connectivity index (χ2v) is 4.89. The first-order valence-corrected chi connectivity index (χ1v) is 5.94. The lowest BCUT2D eigenvalue weighted by Gasteiger charge is -2.30. The van der Waals surface area contributed by atoms with Crippen LogP contribution in [0.25, 0.3) is 0 Å². The molecule has 0 aliphatic carbocycles. The van der Waals surface area contributed by atoms with Gasteiger partial charge in [0, 0.05) is 25.2 Å². The second kappa shape index (κ2) is 3.62. The summed E-state index contributed by atoms with van der Waals surface area (Å²) in [6, 6.07) is 3.61. The van der Waals surface area contributed by atoms with Crippen molar-refractivity contribution >= 4 is 29.1 Å². The maximum atomic E-state index is 12.1. The lowest BCUT2D eigenvalue weighted by molar-refractivity contribution is 0.0691. The Morgan fingerprint density at radius 3 is 2.88 bits per heavy atom.